The van der Waals surface area contributed by atoms with Crippen molar-refractivity contribution in [3.05, 3.63) is 35.9 Å². The van der Waals surface area contributed by atoms with Crippen LogP contribution in [0.25, 0.3) is 0 Å². The molecule has 4 nitrogen and oxygen atoms in total. The van der Waals surface area contributed by atoms with E-state index in [-0.39, 0.29) is 31.6 Å². The molecule has 6 heteroatoms. The SMILES string of the molecule is O=C(OCc1ccccc1)N1CC[C@H](N2CCC(F)(F)CC2)C1. The molecule has 2 heterocycles. The molecular weight excluding hydrogens is 302 g/mol. The van der Waals surface area contributed by atoms with Gasteiger partial charge in [-0.1, -0.05) is 30.3 Å². The molecule has 1 amide bonds. The number of alkyl halides is 2. The van der Waals surface area contributed by atoms with Crippen LogP contribution in [0.2, 0.25) is 0 Å². The maximum atomic E-state index is 13.2. The topological polar surface area (TPSA) is 32.8 Å². The molecule has 0 aliphatic carbocycles. The fourth-order valence-electron chi connectivity index (χ4n) is 3.23. The molecule has 2 fully saturated rings. The summed E-state index contributed by atoms with van der Waals surface area (Å²) in [5.41, 5.74) is 0.954. The summed E-state index contributed by atoms with van der Waals surface area (Å²) in [6, 6.07) is 9.72. The van der Waals surface area contributed by atoms with Crippen molar-refractivity contribution in [2.45, 2.75) is 37.8 Å². The van der Waals surface area contributed by atoms with E-state index in [4.69, 9.17) is 4.74 Å². The molecular formula is C17H22F2N2O2. The number of halogens is 2. The standard InChI is InChI=1S/C17H22F2N2O2/c18-17(19)7-10-20(11-8-17)15-6-9-21(12-15)16(22)23-13-14-4-2-1-3-5-14/h1-5,15H,6-13H2/t15-/m0/s1. The van der Waals surface area contributed by atoms with Crippen molar-refractivity contribution in [1.29, 1.82) is 0 Å². The van der Waals surface area contributed by atoms with Gasteiger partial charge in [-0.15, -0.1) is 0 Å². The first-order valence-corrected chi connectivity index (χ1v) is 8.11. The molecule has 0 unspecified atom stereocenters. The number of ether oxygens (including phenoxy) is 1. The van der Waals surface area contributed by atoms with Gasteiger partial charge < -0.3 is 9.64 Å². The Hall–Kier alpha value is -1.69. The number of piperidine rings is 1. The monoisotopic (exact) mass is 324 g/mol. The second kappa shape index (κ2) is 6.83. The van der Waals surface area contributed by atoms with Crippen molar-refractivity contribution in [3.63, 3.8) is 0 Å². The lowest BCUT2D eigenvalue weighted by Crippen LogP contribution is -2.46. The average Bonchev–Trinajstić information content (AvgIpc) is 3.03. The number of rotatable bonds is 3. The Kier molecular flexibility index (Phi) is 4.80. The van der Waals surface area contributed by atoms with Gasteiger partial charge in [-0.25, -0.2) is 13.6 Å². The van der Waals surface area contributed by atoms with Crippen LogP contribution in [0.1, 0.15) is 24.8 Å². The molecule has 1 atom stereocenters. The normalized spacial score (nSPS) is 24.6. The molecule has 0 radical (unpaired) electrons. The predicted molar refractivity (Wildman–Crippen MR) is 82.4 cm³/mol. The molecule has 3 rings (SSSR count). The third kappa shape index (κ3) is 4.19. The second-order valence-electron chi connectivity index (χ2n) is 6.32. The van der Waals surface area contributed by atoms with E-state index in [0.29, 0.717) is 26.2 Å². The van der Waals surface area contributed by atoms with E-state index in [1.807, 2.05) is 30.3 Å². The molecule has 0 spiro atoms. The predicted octanol–water partition coefficient (Wildman–Crippen LogP) is 3.13. The summed E-state index contributed by atoms with van der Waals surface area (Å²) in [4.78, 5) is 15.9. The number of hydrogen-bond acceptors (Lipinski definition) is 3. The van der Waals surface area contributed by atoms with Gasteiger partial charge in [-0.3, -0.25) is 4.90 Å². The fourth-order valence-corrected chi connectivity index (χ4v) is 3.23. The van der Waals surface area contributed by atoms with Crippen molar-refractivity contribution in [1.82, 2.24) is 9.80 Å². The lowest BCUT2D eigenvalue weighted by atomic mass is 10.0. The van der Waals surface area contributed by atoms with Gasteiger partial charge in [0.15, 0.2) is 0 Å². The summed E-state index contributed by atoms with van der Waals surface area (Å²) in [5.74, 6) is -2.52. The summed E-state index contributed by atoms with van der Waals surface area (Å²) in [5, 5.41) is 0. The van der Waals surface area contributed by atoms with Gasteiger partial charge in [0, 0.05) is 45.1 Å². The Balaban J connectivity index is 1.45. The Morgan fingerprint density at radius 2 is 1.87 bits per heavy atom. The number of benzene rings is 1. The van der Waals surface area contributed by atoms with Gasteiger partial charge in [0.25, 0.3) is 5.92 Å². The third-order valence-corrected chi connectivity index (χ3v) is 4.67. The lowest BCUT2D eigenvalue weighted by molar-refractivity contribution is -0.0621. The Bertz CT molecular complexity index is 529. The Morgan fingerprint density at radius 1 is 1.17 bits per heavy atom. The summed E-state index contributed by atoms with van der Waals surface area (Å²) >= 11 is 0. The summed E-state index contributed by atoms with van der Waals surface area (Å²) in [6.07, 6.45) is 0.342. The summed E-state index contributed by atoms with van der Waals surface area (Å²) in [6.45, 7) is 2.27. The minimum absolute atomic E-state index is 0.0814. The van der Waals surface area contributed by atoms with E-state index in [1.54, 1.807) is 4.90 Å². The van der Waals surface area contributed by atoms with Crippen molar-refractivity contribution in [3.8, 4) is 0 Å². The number of carbonyl (C=O) groups excluding carboxylic acids is 1. The maximum absolute atomic E-state index is 13.2. The molecule has 0 saturated carbocycles. The molecule has 2 aliphatic heterocycles. The van der Waals surface area contributed by atoms with E-state index < -0.39 is 5.92 Å². The third-order valence-electron chi connectivity index (χ3n) is 4.67. The minimum atomic E-state index is -2.52. The number of likely N-dealkylation sites (tertiary alicyclic amines) is 2. The first-order valence-electron chi connectivity index (χ1n) is 8.11. The van der Waals surface area contributed by atoms with E-state index in [0.717, 1.165) is 12.0 Å². The van der Waals surface area contributed by atoms with Gasteiger partial charge in [-0.2, -0.15) is 0 Å². The molecule has 2 aliphatic rings. The molecule has 0 N–H and O–H groups in total. The largest absolute Gasteiger partial charge is 0.445 e. The zero-order valence-electron chi connectivity index (χ0n) is 13.1. The van der Waals surface area contributed by atoms with E-state index in [2.05, 4.69) is 4.90 Å². The zero-order chi connectivity index (χ0) is 16.3. The maximum Gasteiger partial charge on any atom is 0.410 e. The average molecular weight is 324 g/mol. The smallest absolute Gasteiger partial charge is 0.410 e. The van der Waals surface area contributed by atoms with Crippen molar-refractivity contribution in [2.75, 3.05) is 26.2 Å². The van der Waals surface area contributed by atoms with Crippen LogP contribution in [0.5, 0.6) is 0 Å². The quantitative estimate of drug-likeness (QED) is 0.856. The molecule has 1 aromatic carbocycles. The molecule has 126 valence electrons. The van der Waals surface area contributed by atoms with Crippen molar-refractivity contribution >= 4 is 6.09 Å². The highest BCUT2D eigenvalue weighted by Gasteiger charge is 2.38. The van der Waals surface area contributed by atoms with Crippen LogP contribution in [0.3, 0.4) is 0 Å². The van der Waals surface area contributed by atoms with Crippen molar-refractivity contribution < 1.29 is 18.3 Å². The molecule has 2 saturated heterocycles. The van der Waals surface area contributed by atoms with Crippen LogP contribution in [0.4, 0.5) is 13.6 Å². The number of carbonyl (C=O) groups is 1. The molecule has 23 heavy (non-hydrogen) atoms. The number of amides is 1. The first kappa shape index (κ1) is 16.2. The van der Waals surface area contributed by atoms with Crippen molar-refractivity contribution in [2.24, 2.45) is 0 Å². The van der Waals surface area contributed by atoms with Crippen LogP contribution >= 0.6 is 0 Å². The van der Waals surface area contributed by atoms with Gasteiger partial charge in [0.05, 0.1) is 0 Å². The highest BCUT2D eigenvalue weighted by Crippen LogP contribution is 2.30. The second-order valence-corrected chi connectivity index (χ2v) is 6.32. The molecule has 0 bridgehead atoms. The highest BCUT2D eigenvalue weighted by molar-refractivity contribution is 5.68. The van der Waals surface area contributed by atoms with Gasteiger partial charge >= 0.3 is 6.09 Å². The van der Waals surface area contributed by atoms with E-state index in [1.165, 1.54) is 0 Å². The molecule has 0 aromatic heterocycles. The van der Waals surface area contributed by atoms with Crippen LogP contribution in [-0.4, -0.2) is 54.0 Å². The lowest BCUT2D eigenvalue weighted by Gasteiger charge is -2.35. The van der Waals surface area contributed by atoms with Crippen LogP contribution < -0.4 is 0 Å². The van der Waals surface area contributed by atoms with Gasteiger partial charge in [0.1, 0.15) is 6.61 Å². The Morgan fingerprint density at radius 3 is 2.57 bits per heavy atom. The Labute approximate surface area is 135 Å². The molecule has 1 aromatic rings. The highest BCUT2D eigenvalue weighted by atomic mass is 19.3. The summed E-state index contributed by atoms with van der Waals surface area (Å²) in [7, 11) is 0. The van der Waals surface area contributed by atoms with Crippen LogP contribution in [0, 0.1) is 0 Å². The van der Waals surface area contributed by atoms with Gasteiger partial charge in [0.2, 0.25) is 0 Å². The fraction of sp³-hybridized carbons (Fsp3) is 0.588. The van der Waals surface area contributed by atoms with Gasteiger partial charge in [-0.05, 0) is 12.0 Å². The minimum Gasteiger partial charge on any atom is -0.445 e. The first-order chi connectivity index (χ1) is 11.0. The zero-order valence-corrected chi connectivity index (χ0v) is 13.1. The van der Waals surface area contributed by atoms with E-state index >= 15 is 0 Å². The number of hydrogen-bond donors (Lipinski definition) is 0. The van der Waals surface area contributed by atoms with Crippen LogP contribution in [0.15, 0.2) is 30.3 Å². The summed E-state index contributed by atoms with van der Waals surface area (Å²) < 4.78 is 31.8. The number of nitrogens with zero attached hydrogens (tertiary/aromatic N) is 2. The van der Waals surface area contributed by atoms with Crippen LogP contribution in [-0.2, 0) is 11.3 Å². The van der Waals surface area contributed by atoms with E-state index in [9.17, 15) is 13.6 Å².